The molecule has 172 valence electrons. The first-order valence-corrected chi connectivity index (χ1v) is 12.5. The maximum absolute atomic E-state index is 13.0. The van der Waals surface area contributed by atoms with Crippen LogP contribution in [0.3, 0.4) is 0 Å². The van der Waals surface area contributed by atoms with Crippen molar-refractivity contribution in [2.24, 2.45) is 5.92 Å². The van der Waals surface area contributed by atoms with Crippen LogP contribution in [0.4, 0.5) is 0 Å². The van der Waals surface area contributed by atoms with E-state index in [0.29, 0.717) is 37.9 Å². The van der Waals surface area contributed by atoms with Gasteiger partial charge in [-0.05, 0) is 42.5 Å². The first kappa shape index (κ1) is 23.9. The summed E-state index contributed by atoms with van der Waals surface area (Å²) in [5.41, 5.74) is 1.66. The number of carbonyl (C=O) groups is 2. The van der Waals surface area contributed by atoms with Gasteiger partial charge in [-0.1, -0.05) is 30.3 Å². The number of pyridine rings is 1. The number of nitrogens with one attached hydrogen (secondary N) is 2. The van der Waals surface area contributed by atoms with E-state index in [0.717, 1.165) is 5.56 Å². The van der Waals surface area contributed by atoms with E-state index in [9.17, 15) is 18.0 Å². The van der Waals surface area contributed by atoms with Crippen LogP contribution in [-0.2, 0) is 31.9 Å². The fraction of sp³-hybridized carbons (Fsp3) is 0.435. The molecule has 2 aromatic rings. The van der Waals surface area contributed by atoms with Gasteiger partial charge in [-0.2, -0.15) is 0 Å². The predicted molar refractivity (Wildman–Crippen MR) is 122 cm³/mol. The van der Waals surface area contributed by atoms with Gasteiger partial charge in [0.2, 0.25) is 21.8 Å². The van der Waals surface area contributed by atoms with Gasteiger partial charge in [0.25, 0.3) is 0 Å². The van der Waals surface area contributed by atoms with Crippen LogP contribution in [0, 0.1) is 5.92 Å². The SMILES string of the molecule is O=C1CCN(S(=O)(=O)Cc2ccccc2)CCCC(C(=O)NCc2ccncc2)CCN1. The third-order valence-corrected chi connectivity index (χ3v) is 7.39. The van der Waals surface area contributed by atoms with Crippen LogP contribution in [-0.4, -0.2) is 49.2 Å². The van der Waals surface area contributed by atoms with Gasteiger partial charge in [-0.25, -0.2) is 12.7 Å². The summed E-state index contributed by atoms with van der Waals surface area (Å²) < 4.78 is 27.4. The Balaban J connectivity index is 1.63. The summed E-state index contributed by atoms with van der Waals surface area (Å²) >= 11 is 0. The van der Waals surface area contributed by atoms with Crippen LogP contribution in [0.25, 0.3) is 0 Å². The summed E-state index contributed by atoms with van der Waals surface area (Å²) in [5, 5.41) is 5.75. The van der Waals surface area contributed by atoms with Crippen LogP contribution >= 0.6 is 0 Å². The molecule has 9 heteroatoms. The Morgan fingerprint density at radius 1 is 1.06 bits per heavy atom. The summed E-state index contributed by atoms with van der Waals surface area (Å²) in [6, 6.07) is 12.7. The number of nitrogens with zero attached hydrogens (tertiary/aromatic N) is 2. The van der Waals surface area contributed by atoms with Crippen molar-refractivity contribution in [3.63, 3.8) is 0 Å². The lowest BCUT2D eigenvalue weighted by atomic mass is 9.98. The quantitative estimate of drug-likeness (QED) is 0.687. The molecule has 2 N–H and O–H groups in total. The van der Waals surface area contributed by atoms with Gasteiger partial charge in [0.15, 0.2) is 0 Å². The van der Waals surface area contributed by atoms with Crippen molar-refractivity contribution in [1.29, 1.82) is 0 Å². The number of sulfonamides is 1. The number of aromatic nitrogens is 1. The molecule has 0 bridgehead atoms. The predicted octanol–water partition coefficient (Wildman–Crippen LogP) is 1.84. The zero-order valence-electron chi connectivity index (χ0n) is 18.1. The number of hydrogen-bond acceptors (Lipinski definition) is 5. The number of hydrogen-bond donors (Lipinski definition) is 2. The molecule has 1 saturated heterocycles. The largest absolute Gasteiger partial charge is 0.356 e. The molecule has 1 aliphatic heterocycles. The Labute approximate surface area is 189 Å². The molecule has 0 spiro atoms. The molecule has 32 heavy (non-hydrogen) atoms. The van der Waals surface area contributed by atoms with Crippen LogP contribution in [0.5, 0.6) is 0 Å². The van der Waals surface area contributed by atoms with Gasteiger partial charge >= 0.3 is 0 Å². The molecule has 0 saturated carbocycles. The monoisotopic (exact) mass is 458 g/mol. The molecule has 2 amide bonds. The number of carbonyl (C=O) groups excluding carboxylic acids is 2. The first-order valence-electron chi connectivity index (χ1n) is 10.9. The minimum atomic E-state index is -3.58. The Morgan fingerprint density at radius 2 is 1.81 bits per heavy atom. The molecule has 1 atom stereocenters. The normalized spacial score (nSPS) is 18.9. The maximum Gasteiger partial charge on any atom is 0.223 e. The van der Waals surface area contributed by atoms with Crippen LogP contribution < -0.4 is 10.6 Å². The first-order chi connectivity index (χ1) is 15.4. The second-order valence-corrected chi connectivity index (χ2v) is 9.91. The highest BCUT2D eigenvalue weighted by molar-refractivity contribution is 7.88. The number of rotatable bonds is 6. The van der Waals surface area contributed by atoms with Crippen LogP contribution in [0.2, 0.25) is 0 Å². The van der Waals surface area contributed by atoms with Crippen molar-refractivity contribution in [3.05, 3.63) is 66.0 Å². The standard InChI is InChI=1S/C23H30N4O4S/c28-22-11-16-27(32(30,31)18-20-5-2-1-3-6-20)15-4-7-21(10-14-25-22)23(29)26-17-19-8-12-24-13-9-19/h1-3,5-6,8-9,12-13,21H,4,7,10-11,14-18H2,(H,25,28)(H,26,29). The number of amides is 2. The summed E-state index contributed by atoms with van der Waals surface area (Å²) in [6.07, 6.45) is 5.07. The molecule has 1 aromatic carbocycles. The summed E-state index contributed by atoms with van der Waals surface area (Å²) in [6.45, 7) is 1.22. The van der Waals surface area contributed by atoms with E-state index in [1.54, 1.807) is 36.7 Å². The fourth-order valence-corrected chi connectivity index (χ4v) is 5.29. The van der Waals surface area contributed by atoms with E-state index in [1.165, 1.54) is 4.31 Å². The topological polar surface area (TPSA) is 108 Å². The van der Waals surface area contributed by atoms with Gasteiger partial charge in [0, 0.05) is 50.9 Å². The van der Waals surface area contributed by atoms with E-state index in [-0.39, 0.29) is 43.0 Å². The van der Waals surface area contributed by atoms with Crippen molar-refractivity contribution in [2.75, 3.05) is 19.6 Å². The second-order valence-electron chi connectivity index (χ2n) is 7.94. The molecular weight excluding hydrogens is 428 g/mol. The third kappa shape index (κ3) is 7.42. The molecule has 3 rings (SSSR count). The molecular formula is C23H30N4O4S. The van der Waals surface area contributed by atoms with Crippen LogP contribution in [0.15, 0.2) is 54.9 Å². The number of benzene rings is 1. The van der Waals surface area contributed by atoms with Gasteiger partial charge in [-0.15, -0.1) is 0 Å². The molecule has 1 fully saturated rings. The van der Waals surface area contributed by atoms with Gasteiger partial charge < -0.3 is 10.6 Å². The lowest BCUT2D eigenvalue weighted by Gasteiger charge is -2.22. The highest BCUT2D eigenvalue weighted by atomic mass is 32.2. The van der Waals surface area contributed by atoms with Crippen molar-refractivity contribution < 1.29 is 18.0 Å². The smallest absolute Gasteiger partial charge is 0.223 e. The molecule has 0 radical (unpaired) electrons. The highest BCUT2D eigenvalue weighted by Crippen LogP contribution is 2.17. The molecule has 1 aliphatic rings. The molecule has 8 nitrogen and oxygen atoms in total. The van der Waals surface area contributed by atoms with Crippen molar-refractivity contribution >= 4 is 21.8 Å². The van der Waals surface area contributed by atoms with E-state index >= 15 is 0 Å². The van der Waals surface area contributed by atoms with E-state index in [4.69, 9.17) is 0 Å². The summed E-state index contributed by atoms with van der Waals surface area (Å²) in [7, 11) is -3.58. The zero-order chi connectivity index (χ0) is 22.8. The summed E-state index contributed by atoms with van der Waals surface area (Å²) in [5.74, 6) is -0.698. The average molecular weight is 459 g/mol. The van der Waals surface area contributed by atoms with Crippen LogP contribution in [0.1, 0.15) is 36.8 Å². The highest BCUT2D eigenvalue weighted by Gasteiger charge is 2.25. The van der Waals surface area contributed by atoms with E-state index in [1.807, 2.05) is 18.2 Å². The Bertz CT molecular complexity index is 984. The minimum Gasteiger partial charge on any atom is -0.356 e. The Kier molecular flexibility index (Phi) is 8.75. The van der Waals surface area contributed by atoms with Crippen molar-refractivity contribution in [1.82, 2.24) is 19.9 Å². The van der Waals surface area contributed by atoms with Gasteiger partial charge in [-0.3, -0.25) is 14.6 Å². The third-order valence-electron chi connectivity index (χ3n) is 5.54. The molecule has 1 unspecified atom stereocenters. The Hall–Kier alpha value is -2.78. The van der Waals surface area contributed by atoms with Gasteiger partial charge in [0.1, 0.15) is 0 Å². The molecule has 0 aliphatic carbocycles. The average Bonchev–Trinajstić information content (AvgIpc) is 2.83. The Morgan fingerprint density at radius 3 is 2.56 bits per heavy atom. The lowest BCUT2D eigenvalue weighted by molar-refractivity contribution is -0.126. The maximum atomic E-state index is 13.0. The second kappa shape index (κ2) is 11.7. The van der Waals surface area contributed by atoms with Crippen molar-refractivity contribution in [3.8, 4) is 0 Å². The van der Waals surface area contributed by atoms with Gasteiger partial charge in [0.05, 0.1) is 5.75 Å². The fourth-order valence-electron chi connectivity index (χ4n) is 3.72. The van der Waals surface area contributed by atoms with Crippen molar-refractivity contribution in [2.45, 2.75) is 38.0 Å². The minimum absolute atomic E-state index is 0.0889. The van der Waals surface area contributed by atoms with E-state index < -0.39 is 10.0 Å². The van der Waals surface area contributed by atoms with E-state index in [2.05, 4.69) is 15.6 Å². The molecule has 1 aromatic heterocycles. The summed E-state index contributed by atoms with van der Waals surface area (Å²) in [4.78, 5) is 28.9. The lowest BCUT2D eigenvalue weighted by Crippen LogP contribution is -2.36. The zero-order valence-corrected chi connectivity index (χ0v) is 18.9. The molecule has 2 heterocycles.